The van der Waals surface area contributed by atoms with Gasteiger partial charge >= 0.3 is 0 Å². The summed E-state index contributed by atoms with van der Waals surface area (Å²) >= 11 is 0. The Balaban J connectivity index is 0.000000155. The molecule has 0 saturated carbocycles. The molecule has 4 aliphatic rings. The van der Waals surface area contributed by atoms with Gasteiger partial charge in [0, 0.05) is 12.8 Å². The SMILES string of the molecule is C1OC1CC(OC(CC1CO1)C1CO1)C1CO1.OCc1ccc(CO)cc1. The normalized spacial score (nSPS) is 32.1. The predicted molar refractivity (Wildman–Crippen MR) is 95.1 cm³/mol. The van der Waals surface area contributed by atoms with Crippen molar-refractivity contribution in [2.45, 2.75) is 62.7 Å². The van der Waals surface area contributed by atoms with E-state index in [0.717, 1.165) is 50.4 Å². The summed E-state index contributed by atoms with van der Waals surface area (Å²) in [4.78, 5) is 0. The maximum atomic E-state index is 8.64. The zero-order chi connectivity index (χ0) is 18.6. The molecule has 2 N–H and O–H groups in total. The van der Waals surface area contributed by atoms with Gasteiger partial charge in [-0.05, 0) is 11.1 Å². The molecule has 7 nitrogen and oxygen atoms in total. The Morgan fingerprint density at radius 2 is 1.11 bits per heavy atom. The Morgan fingerprint density at radius 1 is 0.741 bits per heavy atom. The quantitative estimate of drug-likeness (QED) is 0.579. The van der Waals surface area contributed by atoms with E-state index in [1.165, 1.54) is 0 Å². The van der Waals surface area contributed by atoms with E-state index in [4.69, 9.17) is 33.9 Å². The number of hydrogen-bond acceptors (Lipinski definition) is 7. The van der Waals surface area contributed by atoms with Crippen molar-refractivity contribution >= 4 is 0 Å². The molecule has 0 spiro atoms. The van der Waals surface area contributed by atoms with E-state index >= 15 is 0 Å². The first kappa shape index (κ1) is 19.3. The highest BCUT2D eigenvalue weighted by Crippen LogP contribution is 2.32. The standard InChI is InChI=1S/C12H18O5.C8H10O2/c1(7-3-13-7)9(11-5-15-11)17-10(12-6-16-12)2-8-4-14-8;9-5-7-1-2-8(6-10)4-3-7/h7-12H,1-6H2;1-4,9-10H,5-6H2. The van der Waals surface area contributed by atoms with E-state index in [9.17, 15) is 0 Å². The first-order chi connectivity index (χ1) is 13.2. The van der Waals surface area contributed by atoms with Crippen LogP contribution in [0.2, 0.25) is 0 Å². The van der Waals surface area contributed by atoms with Gasteiger partial charge in [-0.15, -0.1) is 0 Å². The van der Waals surface area contributed by atoms with Crippen LogP contribution >= 0.6 is 0 Å². The lowest BCUT2D eigenvalue weighted by atomic mass is 10.1. The highest BCUT2D eigenvalue weighted by molar-refractivity contribution is 5.21. The summed E-state index contributed by atoms with van der Waals surface area (Å²) in [7, 11) is 0. The number of benzene rings is 1. The molecule has 4 fully saturated rings. The maximum Gasteiger partial charge on any atom is 0.107 e. The average Bonchev–Trinajstić information content (AvgIpc) is 3.51. The second-order valence-corrected chi connectivity index (χ2v) is 7.47. The summed E-state index contributed by atoms with van der Waals surface area (Å²) in [5, 5.41) is 17.3. The van der Waals surface area contributed by atoms with Crippen molar-refractivity contribution in [3.05, 3.63) is 35.4 Å². The largest absolute Gasteiger partial charge is 0.392 e. The summed E-state index contributed by atoms with van der Waals surface area (Å²) in [5.41, 5.74) is 1.74. The Kier molecular flexibility index (Phi) is 6.39. The van der Waals surface area contributed by atoms with Crippen LogP contribution in [0, 0.1) is 0 Å². The van der Waals surface area contributed by atoms with Crippen LogP contribution in [0.5, 0.6) is 0 Å². The third kappa shape index (κ3) is 6.50. The minimum Gasteiger partial charge on any atom is -0.392 e. The number of epoxide rings is 4. The lowest BCUT2D eigenvalue weighted by Gasteiger charge is -2.22. The van der Waals surface area contributed by atoms with Gasteiger partial charge < -0.3 is 33.9 Å². The third-order valence-electron chi connectivity index (χ3n) is 5.08. The topological polar surface area (TPSA) is 99.8 Å². The molecule has 0 radical (unpaired) electrons. The molecule has 4 aliphatic heterocycles. The van der Waals surface area contributed by atoms with Gasteiger partial charge in [0.15, 0.2) is 0 Å². The number of rotatable bonds is 10. The summed E-state index contributed by atoms with van der Waals surface area (Å²) in [6.45, 7) is 3.54. The van der Waals surface area contributed by atoms with Crippen LogP contribution in [0.15, 0.2) is 24.3 Å². The van der Waals surface area contributed by atoms with Crippen molar-refractivity contribution in [1.82, 2.24) is 0 Å². The number of ether oxygens (including phenoxy) is 5. The van der Waals surface area contributed by atoms with Crippen LogP contribution in [-0.2, 0) is 36.9 Å². The molecule has 0 aromatic heterocycles. The summed E-state index contributed by atoms with van der Waals surface area (Å²) < 4.78 is 27.5. The van der Waals surface area contributed by atoms with E-state index < -0.39 is 0 Å². The summed E-state index contributed by atoms with van der Waals surface area (Å²) in [5.74, 6) is 0. The Morgan fingerprint density at radius 3 is 1.37 bits per heavy atom. The van der Waals surface area contributed by atoms with E-state index in [1.807, 2.05) is 0 Å². The Bertz CT molecular complexity index is 525. The van der Waals surface area contributed by atoms with Crippen LogP contribution in [-0.4, -0.2) is 73.3 Å². The van der Waals surface area contributed by atoms with Crippen molar-refractivity contribution in [2.75, 3.05) is 26.4 Å². The Labute approximate surface area is 159 Å². The molecule has 1 aromatic rings. The first-order valence-corrected chi connectivity index (χ1v) is 9.66. The summed E-state index contributed by atoms with van der Waals surface area (Å²) in [6.07, 6.45) is 3.61. The minimum atomic E-state index is 0.0612. The number of aliphatic hydroxyl groups excluding tert-OH is 2. The third-order valence-corrected chi connectivity index (χ3v) is 5.08. The van der Waals surface area contributed by atoms with Gasteiger partial charge in [0.05, 0.1) is 64.1 Å². The van der Waals surface area contributed by atoms with Crippen LogP contribution < -0.4 is 0 Å². The van der Waals surface area contributed by atoms with E-state index in [1.54, 1.807) is 24.3 Å². The van der Waals surface area contributed by atoms with Crippen molar-refractivity contribution in [3.63, 3.8) is 0 Å². The highest BCUT2D eigenvalue weighted by Gasteiger charge is 2.44. The lowest BCUT2D eigenvalue weighted by molar-refractivity contribution is -0.0500. The lowest BCUT2D eigenvalue weighted by Crippen LogP contribution is -2.32. The van der Waals surface area contributed by atoms with Crippen LogP contribution in [0.25, 0.3) is 0 Å². The van der Waals surface area contributed by atoms with Gasteiger partial charge in [-0.2, -0.15) is 0 Å². The molecular formula is C20H28O7. The monoisotopic (exact) mass is 380 g/mol. The van der Waals surface area contributed by atoms with Crippen molar-refractivity contribution in [2.24, 2.45) is 0 Å². The minimum absolute atomic E-state index is 0.0612. The van der Waals surface area contributed by atoms with Crippen LogP contribution in [0.1, 0.15) is 24.0 Å². The number of hydrogen-bond donors (Lipinski definition) is 2. The van der Waals surface area contributed by atoms with Gasteiger partial charge in [-0.1, -0.05) is 24.3 Å². The molecule has 5 rings (SSSR count). The van der Waals surface area contributed by atoms with Gasteiger partial charge in [0.1, 0.15) is 12.2 Å². The van der Waals surface area contributed by atoms with E-state index in [0.29, 0.717) is 12.2 Å². The van der Waals surface area contributed by atoms with Crippen molar-refractivity contribution in [1.29, 1.82) is 0 Å². The van der Waals surface area contributed by atoms with E-state index in [-0.39, 0.29) is 37.6 Å². The molecule has 150 valence electrons. The van der Waals surface area contributed by atoms with Crippen molar-refractivity contribution < 1.29 is 33.9 Å². The maximum absolute atomic E-state index is 8.64. The molecule has 0 bridgehead atoms. The van der Waals surface area contributed by atoms with Gasteiger partial charge in [-0.3, -0.25) is 0 Å². The molecule has 6 atom stereocenters. The Hall–Kier alpha value is -1.06. The van der Waals surface area contributed by atoms with Crippen LogP contribution in [0.3, 0.4) is 0 Å². The molecular weight excluding hydrogens is 352 g/mol. The molecule has 4 saturated heterocycles. The van der Waals surface area contributed by atoms with Gasteiger partial charge in [-0.25, -0.2) is 0 Å². The molecule has 6 unspecified atom stereocenters. The number of aliphatic hydroxyl groups is 2. The van der Waals surface area contributed by atoms with E-state index in [2.05, 4.69) is 0 Å². The van der Waals surface area contributed by atoms with Gasteiger partial charge in [0.25, 0.3) is 0 Å². The van der Waals surface area contributed by atoms with Crippen LogP contribution in [0.4, 0.5) is 0 Å². The molecule has 27 heavy (non-hydrogen) atoms. The molecule has 0 amide bonds. The fraction of sp³-hybridized carbons (Fsp3) is 0.700. The fourth-order valence-electron chi connectivity index (χ4n) is 3.03. The second kappa shape index (κ2) is 8.96. The van der Waals surface area contributed by atoms with Crippen molar-refractivity contribution in [3.8, 4) is 0 Å². The molecule has 4 heterocycles. The molecule has 1 aromatic carbocycles. The molecule has 7 heteroatoms. The van der Waals surface area contributed by atoms with Gasteiger partial charge in [0.2, 0.25) is 0 Å². The predicted octanol–water partition coefficient (Wildman–Crippen LogP) is 0.787. The fourth-order valence-corrected chi connectivity index (χ4v) is 3.03. The highest BCUT2D eigenvalue weighted by atomic mass is 16.6. The zero-order valence-electron chi connectivity index (χ0n) is 15.4. The first-order valence-electron chi connectivity index (χ1n) is 9.66. The second-order valence-electron chi connectivity index (χ2n) is 7.47. The zero-order valence-corrected chi connectivity index (χ0v) is 15.4. The smallest absolute Gasteiger partial charge is 0.107 e. The summed E-state index contributed by atoms with van der Waals surface area (Å²) in [6, 6.07) is 7.19. The molecule has 0 aliphatic carbocycles. The average molecular weight is 380 g/mol.